The van der Waals surface area contributed by atoms with Crippen LogP contribution >= 0.6 is 12.2 Å². The number of carboxylic acid groups (broad SMARTS) is 4. The lowest BCUT2D eigenvalue weighted by Crippen LogP contribution is -2.61. The van der Waals surface area contributed by atoms with Crippen molar-refractivity contribution >= 4 is 152 Å². The van der Waals surface area contributed by atoms with E-state index in [1.807, 2.05) is 0 Å². The van der Waals surface area contributed by atoms with Crippen LogP contribution in [0, 0.1) is 11.8 Å². The van der Waals surface area contributed by atoms with E-state index in [0.717, 1.165) is 11.8 Å². The fourth-order valence-electron chi connectivity index (χ4n) is 13.6. The number of aromatic carboxylic acids is 1. The van der Waals surface area contributed by atoms with Crippen LogP contribution in [-0.4, -0.2) is 272 Å². The van der Waals surface area contributed by atoms with Crippen LogP contribution in [0.25, 0.3) is 33.4 Å². The number of benzene rings is 3. The number of hydrogen-bond acceptors (Lipinski definition) is 28. The highest BCUT2D eigenvalue weighted by Gasteiger charge is 2.43. The third kappa shape index (κ3) is 35.7. The standard InChI is InChI=1S/C83H115N19O29S/c1-39(2)30-53(75(121)98-55(35-62(86)108)77(123)94-51(18-20-61(85)107)73(119)93-50(10-7-8-25-84)72(118)96-54(31-40(3)4)76(122)100-57(38-103)82(129)130)97-78(124)56(36-68(115)116)99-74(120)52(19-21-67(113)114)95-79(125)58-11-9-29-102(58)80(126)70(42(6)104)101-71(117)41(5)91-66(112)37-90-65(111)23-27-88-63(109)22-26-87-64(110)24-28-89-83(132)92-43-12-15-46(49(32-43)81(127)128)69-47-16-13-44(105)33-59(47)131-60-34-45(106)14-17-48(60)69/h12-17,32-34,39-42,50-58,70,103-105H,7-11,18-31,35-38,84H2,1-6H3,(H2,85,107)(H2,86,108)(H,87,110)(H,88,109)(H,90,111)(H,91,112)(H,93,119)(H,94,123)(H,95,125)(H,96,118)(H,97,124)(H,98,121)(H,99,120)(H,100,122)(H,101,117)(H,113,114)(H,115,116)(H,127,128)(H,129,130)(H2,89,92,132)/p-2/t41-,42+,50-,51-,52-,53-,54-,55-,56-,57-,58-,70-/m0/s1. The number of thiocarbonyl (C=S) groups is 1. The maximum atomic E-state index is 14.3. The minimum atomic E-state index is -2.16. The molecule has 12 atom stereocenters. The summed E-state index contributed by atoms with van der Waals surface area (Å²) in [7, 11) is 0. The molecule has 2 aromatic rings. The predicted molar refractivity (Wildman–Crippen MR) is 465 cm³/mol. The Morgan fingerprint density at radius 1 is 0.530 bits per heavy atom. The van der Waals surface area contributed by atoms with Crippen molar-refractivity contribution < 1.29 is 136 Å². The minimum Gasteiger partial charge on any atom is -0.872 e. The molecule has 0 bridgehead atoms. The number of carbonyl (C=O) groups is 20. The molecule has 5 rings (SSSR count). The van der Waals surface area contributed by atoms with Crippen molar-refractivity contribution in [1.29, 1.82) is 0 Å². The Morgan fingerprint density at radius 2 is 1.04 bits per heavy atom. The SMILES string of the molecule is CC(C)C[C@H](NC(=O)[C@H](CCCCN)NC(=O)[C@H](CCC(N)=O)NC(=O)[C@H](CC(N)=O)NC(=O)[C@H](CC(C)C)NC(=O)[C@H](CC(=O)O)NC(=O)[C@H](CCC(=O)O)NC(=O)[C@@H]1CCCN1C(=O)[C@@H](NC(=O)[C@H](C)NC(=O)CNC(=O)CCNC(=O)CCNC(=O)CCNC(=S)Nc1ccc(-c2c3ccc(=O)cc-3oc3cc([O-])ccc23)c(C(=O)[O-])c1)[C@@H](C)O)C(=O)N[C@@H](CO)C(=O)O. The predicted octanol–water partition coefficient (Wildman–Crippen LogP) is -7.17. The molecule has 0 unspecified atom stereocenters. The molecule has 0 saturated carbocycles. The molecule has 1 aliphatic carbocycles. The molecular weight excluding hydrogens is 1760 g/mol. The molecular formula is C83H113N19O29S-2. The summed E-state index contributed by atoms with van der Waals surface area (Å²) in [6.07, 6.45) is -7.50. The molecule has 48 nitrogen and oxygen atoms in total. The van der Waals surface area contributed by atoms with Crippen LogP contribution in [0.4, 0.5) is 5.69 Å². The van der Waals surface area contributed by atoms with Crippen molar-refractivity contribution in [2.45, 2.75) is 217 Å². The van der Waals surface area contributed by atoms with E-state index in [-0.39, 0.29) is 141 Å². The normalized spacial score (nSPS) is 14.8. The molecule has 2 aliphatic heterocycles. The molecule has 722 valence electrons. The first-order chi connectivity index (χ1) is 62.2. The number of unbranched alkanes of at least 4 members (excludes halogenated alkanes) is 1. The van der Waals surface area contributed by atoms with Crippen LogP contribution in [0.1, 0.15) is 155 Å². The van der Waals surface area contributed by atoms with E-state index in [2.05, 4.69) is 79.8 Å². The van der Waals surface area contributed by atoms with E-state index < -0.39 is 249 Å². The monoisotopic (exact) mass is 1870 g/mol. The van der Waals surface area contributed by atoms with Crippen molar-refractivity contribution in [1.82, 2.24) is 79.3 Å². The van der Waals surface area contributed by atoms with Gasteiger partial charge < -0.3 is 147 Å². The van der Waals surface area contributed by atoms with Gasteiger partial charge in [0.2, 0.25) is 94.5 Å². The average molecular weight is 1870 g/mol. The number of likely N-dealkylation sites (tertiary alicyclic amines) is 1. The van der Waals surface area contributed by atoms with Crippen molar-refractivity contribution in [3.63, 3.8) is 0 Å². The van der Waals surface area contributed by atoms with E-state index in [1.54, 1.807) is 27.7 Å². The number of hydrogen-bond donors (Lipinski definition) is 23. The van der Waals surface area contributed by atoms with Crippen LogP contribution in [0.5, 0.6) is 5.75 Å². The highest BCUT2D eigenvalue weighted by atomic mass is 32.1. The number of primary amides is 2. The molecule has 0 spiro atoms. The molecule has 3 aliphatic rings. The Hall–Kier alpha value is -14.1. The summed E-state index contributed by atoms with van der Waals surface area (Å²) in [5.41, 5.74) is 17.2. The van der Waals surface area contributed by atoms with Gasteiger partial charge in [-0.05, 0) is 138 Å². The number of rotatable bonds is 55. The zero-order chi connectivity index (χ0) is 98.5. The molecule has 0 aromatic heterocycles. The zero-order valence-corrected chi connectivity index (χ0v) is 74.0. The van der Waals surface area contributed by atoms with E-state index >= 15 is 0 Å². The topological polar surface area (TPSA) is 781 Å². The van der Waals surface area contributed by atoms with E-state index in [4.69, 9.17) is 33.8 Å². The van der Waals surface area contributed by atoms with Gasteiger partial charge in [0.1, 0.15) is 77.8 Å². The number of anilines is 1. The van der Waals surface area contributed by atoms with Crippen LogP contribution < -0.4 is 113 Å². The highest BCUT2D eigenvalue weighted by Crippen LogP contribution is 2.42. The lowest BCUT2D eigenvalue weighted by atomic mass is 9.90. The number of fused-ring (bicyclic) bond motifs is 2. The molecule has 2 aromatic carbocycles. The number of amides is 16. The lowest BCUT2D eigenvalue weighted by molar-refractivity contribution is -0.268. The Morgan fingerprint density at radius 3 is 1.56 bits per heavy atom. The summed E-state index contributed by atoms with van der Waals surface area (Å²) in [6.45, 7) is 6.65. The maximum absolute atomic E-state index is 14.3. The van der Waals surface area contributed by atoms with Gasteiger partial charge in [0.25, 0.3) is 0 Å². The number of nitrogens with one attached hydrogen (secondary N) is 15. The van der Waals surface area contributed by atoms with Gasteiger partial charge in [0, 0.05) is 92.1 Å². The second-order valence-corrected chi connectivity index (χ2v) is 32.3. The molecule has 1 saturated heterocycles. The number of nitrogens with two attached hydrogens (primary N) is 3. The van der Waals surface area contributed by atoms with Gasteiger partial charge in [-0.25, -0.2) is 4.79 Å². The first kappa shape index (κ1) is 108. The summed E-state index contributed by atoms with van der Waals surface area (Å²) in [6, 6.07) is -6.93. The second-order valence-electron chi connectivity index (χ2n) is 31.9. The van der Waals surface area contributed by atoms with Crippen molar-refractivity contribution in [2.75, 3.05) is 51.2 Å². The van der Waals surface area contributed by atoms with Crippen molar-refractivity contribution in [3.8, 4) is 28.2 Å². The summed E-state index contributed by atoms with van der Waals surface area (Å²) in [5.74, 6) is -24.1. The smallest absolute Gasteiger partial charge is 0.328 e. The first-order valence-electron chi connectivity index (χ1n) is 42.1. The van der Waals surface area contributed by atoms with Gasteiger partial charge in [0.15, 0.2) is 10.5 Å². The number of aliphatic carboxylic acids is 3. The van der Waals surface area contributed by atoms with Crippen LogP contribution in [0.3, 0.4) is 0 Å². The third-order valence-corrected chi connectivity index (χ3v) is 20.5. The second kappa shape index (κ2) is 53.1. The summed E-state index contributed by atoms with van der Waals surface area (Å²) in [4.78, 5) is 277. The van der Waals surface area contributed by atoms with Crippen LogP contribution in [-0.2, 0) is 91.1 Å². The molecule has 132 heavy (non-hydrogen) atoms. The van der Waals surface area contributed by atoms with E-state index in [1.165, 1.54) is 61.5 Å². The molecule has 26 N–H and O–H groups in total. The number of aliphatic hydroxyl groups excluding tert-OH is 2. The van der Waals surface area contributed by atoms with Gasteiger partial charge in [-0.3, -0.25) is 91.1 Å². The Kier molecular flexibility index (Phi) is 43.7. The molecule has 1 fully saturated rings. The fourth-order valence-corrected chi connectivity index (χ4v) is 13.8. The summed E-state index contributed by atoms with van der Waals surface area (Å²) >= 11 is 5.36. The number of carboxylic acids is 4. The number of nitrogens with zero attached hydrogens (tertiary/aromatic N) is 1. The fraction of sp³-hybridized carbons (Fsp3) is 0.518. The zero-order valence-electron chi connectivity index (χ0n) is 73.2. The van der Waals surface area contributed by atoms with Gasteiger partial charge in [-0.15, -0.1) is 5.75 Å². The Labute approximate surface area is 760 Å². The van der Waals surface area contributed by atoms with Gasteiger partial charge in [0.05, 0.1) is 38.1 Å². The number of carbonyl (C=O) groups excluding carboxylic acids is 17. The first-order valence-corrected chi connectivity index (χ1v) is 42.6. The van der Waals surface area contributed by atoms with Crippen molar-refractivity contribution in [3.05, 3.63) is 70.4 Å². The molecule has 49 heteroatoms. The van der Waals surface area contributed by atoms with Crippen LogP contribution in [0.15, 0.2) is 63.8 Å². The molecule has 0 radical (unpaired) electrons. The molecule has 16 amide bonds. The quantitative estimate of drug-likeness (QED) is 0.0111. The largest absolute Gasteiger partial charge is 0.872 e. The van der Waals surface area contributed by atoms with E-state index in [9.17, 15) is 136 Å². The summed E-state index contributed by atoms with van der Waals surface area (Å²) < 4.78 is 5.83. The highest BCUT2D eigenvalue weighted by molar-refractivity contribution is 7.80. The van der Waals surface area contributed by atoms with E-state index in [0.29, 0.717) is 22.9 Å². The Bertz CT molecular complexity index is 4930. The third-order valence-electron chi connectivity index (χ3n) is 20.2. The maximum Gasteiger partial charge on any atom is 0.328 e. The summed E-state index contributed by atoms with van der Waals surface area (Å²) in [5, 5.41) is 111. The van der Waals surface area contributed by atoms with Crippen molar-refractivity contribution in [2.24, 2.45) is 29.0 Å². The van der Waals surface area contributed by atoms with Gasteiger partial charge in [-0.1, -0.05) is 45.9 Å². The lowest BCUT2D eigenvalue weighted by Gasteiger charge is -2.31. The molecule has 2 heterocycles. The number of aliphatic hydroxyl groups is 2. The average Bonchev–Trinajstić information content (AvgIpc) is 0.830. The van der Waals surface area contributed by atoms with Crippen LogP contribution in [0.2, 0.25) is 0 Å². The van der Waals surface area contributed by atoms with Gasteiger partial charge in [-0.2, -0.15) is 0 Å². The Balaban J connectivity index is 1.12. The minimum absolute atomic E-state index is 0.00160. The van der Waals surface area contributed by atoms with Gasteiger partial charge >= 0.3 is 17.9 Å².